The zero-order valence-electron chi connectivity index (χ0n) is 18.9. The molecule has 1 atom stereocenters. The molecule has 0 saturated carbocycles. The third-order valence-corrected chi connectivity index (χ3v) is 5.83. The number of aromatic nitrogens is 1. The smallest absolute Gasteiger partial charge is 0.338 e. The number of hydrogen-bond acceptors (Lipinski definition) is 7. The van der Waals surface area contributed by atoms with Crippen LogP contribution in [0.15, 0.2) is 59.9 Å². The highest BCUT2D eigenvalue weighted by atomic mass is 16.5. The Kier molecular flexibility index (Phi) is 7.09. The molecule has 4 rings (SSSR count). The quantitative estimate of drug-likeness (QED) is 0.623. The number of anilines is 1. The van der Waals surface area contributed by atoms with E-state index < -0.39 is 12.0 Å². The van der Waals surface area contributed by atoms with E-state index in [0.29, 0.717) is 23.6 Å². The Balaban J connectivity index is 1.56. The van der Waals surface area contributed by atoms with Crippen molar-refractivity contribution in [3.05, 3.63) is 65.5 Å². The van der Waals surface area contributed by atoms with E-state index in [2.05, 4.69) is 25.4 Å². The van der Waals surface area contributed by atoms with Crippen LogP contribution < -0.4 is 20.3 Å². The number of esters is 1. The summed E-state index contributed by atoms with van der Waals surface area (Å²) < 4.78 is 10.6. The largest absolute Gasteiger partial charge is 0.497 e. The van der Waals surface area contributed by atoms with Gasteiger partial charge in [0.1, 0.15) is 11.6 Å². The highest BCUT2D eigenvalue weighted by molar-refractivity contribution is 5.95. The van der Waals surface area contributed by atoms with Crippen molar-refractivity contribution in [1.29, 1.82) is 0 Å². The van der Waals surface area contributed by atoms with E-state index in [0.717, 1.165) is 37.6 Å². The number of urea groups is 1. The lowest BCUT2D eigenvalue weighted by Crippen LogP contribution is -2.52. The van der Waals surface area contributed by atoms with Crippen LogP contribution in [0.1, 0.15) is 18.5 Å². The number of rotatable bonds is 7. The molecule has 1 unspecified atom stereocenters. The SMILES string of the molecule is CCOC(=O)C1=C(CN2CCN(c3ccccn3)CC2)NC(=O)NC1c1ccc(OC)cc1. The lowest BCUT2D eigenvalue weighted by molar-refractivity contribution is -0.139. The molecule has 3 heterocycles. The molecule has 33 heavy (non-hydrogen) atoms. The number of pyridine rings is 1. The number of hydrogen-bond donors (Lipinski definition) is 2. The summed E-state index contributed by atoms with van der Waals surface area (Å²) in [5.74, 6) is 1.22. The number of ether oxygens (including phenoxy) is 2. The van der Waals surface area contributed by atoms with Gasteiger partial charge in [0.05, 0.1) is 25.3 Å². The van der Waals surface area contributed by atoms with Crippen molar-refractivity contribution < 1.29 is 19.1 Å². The average molecular weight is 452 g/mol. The van der Waals surface area contributed by atoms with Crippen molar-refractivity contribution in [2.75, 3.05) is 51.3 Å². The first-order chi connectivity index (χ1) is 16.1. The predicted octanol–water partition coefficient (Wildman–Crippen LogP) is 2.08. The molecule has 2 amide bonds. The van der Waals surface area contributed by atoms with Gasteiger partial charge in [0, 0.05) is 44.6 Å². The number of carbonyl (C=O) groups is 2. The molecule has 0 aliphatic carbocycles. The molecular weight excluding hydrogens is 422 g/mol. The van der Waals surface area contributed by atoms with Crippen LogP contribution in [-0.2, 0) is 9.53 Å². The Morgan fingerprint density at radius 1 is 1.12 bits per heavy atom. The predicted molar refractivity (Wildman–Crippen MR) is 124 cm³/mol. The molecule has 2 aromatic rings. The highest BCUT2D eigenvalue weighted by Crippen LogP contribution is 2.29. The van der Waals surface area contributed by atoms with Crippen LogP contribution in [0.5, 0.6) is 5.75 Å². The minimum atomic E-state index is -0.603. The van der Waals surface area contributed by atoms with E-state index in [4.69, 9.17) is 9.47 Å². The number of methoxy groups -OCH3 is 1. The summed E-state index contributed by atoms with van der Waals surface area (Å²) in [7, 11) is 1.59. The Labute approximate surface area is 193 Å². The van der Waals surface area contributed by atoms with Crippen LogP contribution in [0.25, 0.3) is 0 Å². The summed E-state index contributed by atoms with van der Waals surface area (Å²) in [4.78, 5) is 34.4. The Hall–Kier alpha value is -3.59. The van der Waals surface area contributed by atoms with Crippen LogP contribution in [0.3, 0.4) is 0 Å². The molecule has 2 N–H and O–H groups in total. The van der Waals surface area contributed by atoms with Gasteiger partial charge in [-0.15, -0.1) is 0 Å². The average Bonchev–Trinajstić information content (AvgIpc) is 2.85. The molecule has 1 aromatic carbocycles. The van der Waals surface area contributed by atoms with Crippen LogP contribution in [0.4, 0.5) is 10.6 Å². The fraction of sp³-hybridized carbons (Fsp3) is 0.375. The Morgan fingerprint density at radius 3 is 2.52 bits per heavy atom. The molecule has 1 saturated heterocycles. The van der Waals surface area contributed by atoms with E-state index in [1.54, 1.807) is 20.2 Å². The van der Waals surface area contributed by atoms with Crippen molar-refractivity contribution in [3.63, 3.8) is 0 Å². The Morgan fingerprint density at radius 2 is 1.88 bits per heavy atom. The molecule has 0 bridgehead atoms. The molecule has 2 aliphatic rings. The zero-order valence-corrected chi connectivity index (χ0v) is 18.9. The van der Waals surface area contributed by atoms with Gasteiger partial charge in [-0.25, -0.2) is 14.6 Å². The summed E-state index contributed by atoms with van der Waals surface area (Å²) in [6.07, 6.45) is 1.79. The number of carbonyl (C=O) groups excluding carboxylic acids is 2. The van der Waals surface area contributed by atoms with Crippen LogP contribution in [0.2, 0.25) is 0 Å². The molecule has 9 nitrogen and oxygen atoms in total. The van der Waals surface area contributed by atoms with Gasteiger partial charge in [0.2, 0.25) is 0 Å². The topological polar surface area (TPSA) is 96.0 Å². The van der Waals surface area contributed by atoms with Crippen molar-refractivity contribution >= 4 is 17.8 Å². The van der Waals surface area contributed by atoms with Gasteiger partial charge in [-0.05, 0) is 36.8 Å². The van der Waals surface area contributed by atoms with E-state index in [1.807, 2.05) is 42.5 Å². The number of nitrogens with one attached hydrogen (secondary N) is 2. The van der Waals surface area contributed by atoms with Crippen molar-refractivity contribution in [1.82, 2.24) is 20.5 Å². The fourth-order valence-corrected chi connectivity index (χ4v) is 4.14. The maximum atomic E-state index is 13.0. The number of benzene rings is 1. The first kappa shape index (κ1) is 22.6. The molecule has 174 valence electrons. The molecule has 0 radical (unpaired) electrons. The number of piperazine rings is 1. The van der Waals surface area contributed by atoms with E-state index in [9.17, 15) is 9.59 Å². The lowest BCUT2D eigenvalue weighted by Gasteiger charge is -2.37. The van der Waals surface area contributed by atoms with Crippen molar-refractivity contribution in [2.45, 2.75) is 13.0 Å². The highest BCUT2D eigenvalue weighted by Gasteiger charge is 2.34. The fourth-order valence-electron chi connectivity index (χ4n) is 4.14. The summed E-state index contributed by atoms with van der Waals surface area (Å²) in [5.41, 5.74) is 1.78. The monoisotopic (exact) mass is 451 g/mol. The molecule has 0 spiro atoms. The van der Waals surface area contributed by atoms with Crippen molar-refractivity contribution in [3.8, 4) is 5.75 Å². The van der Waals surface area contributed by atoms with Gasteiger partial charge in [-0.3, -0.25) is 4.90 Å². The maximum Gasteiger partial charge on any atom is 0.338 e. The maximum absolute atomic E-state index is 13.0. The van der Waals surface area contributed by atoms with Gasteiger partial charge < -0.3 is 25.0 Å². The summed E-state index contributed by atoms with van der Waals surface area (Å²) >= 11 is 0. The minimum Gasteiger partial charge on any atom is -0.497 e. The first-order valence-electron chi connectivity index (χ1n) is 11.1. The molecule has 2 aliphatic heterocycles. The Bertz CT molecular complexity index is 1000. The summed E-state index contributed by atoms with van der Waals surface area (Å²) in [6.45, 7) is 5.66. The van der Waals surface area contributed by atoms with E-state index in [1.165, 1.54) is 0 Å². The third kappa shape index (κ3) is 5.25. The van der Waals surface area contributed by atoms with Crippen molar-refractivity contribution in [2.24, 2.45) is 0 Å². The van der Waals surface area contributed by atoms with Gasteiger partial charge in [0.15, 0.2) is 0 Å². The second-order valence-corrected chi connectivity index (χ2v) is 7.87. The first-order valence-corrected chi connectivity index (χ1v) is 11.1. The van der Waals surface area contributed by atoms with Gasteiger partial charge in [0.25, 0.3) is 0 Å². The lowest BCUT2D eigenvalue weighted by atomic mass is 9.94. The van der Waals surface area contributed by atoms with Gasteiger partial charge in [-0.2, -0.15) is 0 Å². The third-order valence-electron chi connectivity index (χ3n) is 5.83. The van der Waals surface area contributed by atoms with E-state index >= 15 is 0 Å². The van der Waals surface area contributed by atoms with Crippen LogP contribution >= 0.6 is 0 Å². The number of amides is 2. The number of nitrogens with zero attached hydrogens (tertiary/aromatic N) is 3. The molecule has 1 aromatic heterocycles. The molecule has 1 fully saturated rings. The summed E-state index contributed by atoms with van der Waals surface area (Å²) in [6, 6.07) is 12.3. The van der Waals surface area contributed by atoms with E-state index in [-0.39, 0.29) is 12.6 Å². The van der Waals surface area contributed by atoms with Gasteiger partial charge in [-0.1, -0.05) is 18.2 Å². The molecule has 9 heteroatoms. The van der Waals surface area contributed by atoms with Crippen LogP contribution in [0, 0.1) is 0 Å². The molecular formula is C24H29N5O4. The zero-order chi connectivity index (χ0) is 23.2. The second-order valence-electron chi connectivity index (χ2n) is 7.87. The van der Waals surface area contributed by atoms with Gasteiger partial charge >= 0.3 is 12.0 Å². The second kappa shape index (κ2) is 10.4. The standard InChI is InChI=1S/C24H29N5O4/c1-3-33-23(30)21-19(16-28-12-14-29(15-13-28)20-6-4-5-11-25-20)26-24(31)27-22(21)17-7-9-18(32-2)10-8-17/h4-11,22H,3,12-16H2,1-2H3,(H2,26,27,31). The normalized spacial score (nSPS) is 19.0. The minimum absolute atomic E-state index is 0.252. The summed E-state index contributed by atoms with van der Waals surface area (Å²) in [5, 5.41) is 5.73. The van der Waals surface area contributed by atoms with Crippen LogP contribution in [-0.4, -0.2) is 68.3 Å².